The molecular formula is C21H25N5O4S. The van der Waals surface area contributed by atoms with E-state index in [1.807, 2.05) is 24.3 Å². The highest BCUT2D eigenvalue weighted by molar-refractivity contribution is 7.89. The number of hydrogen-bond acceptors (Lipinski definition) is 5. The van der Waals surface area contributed by atoms with Gasteiger partial charge in [0.1, 0.15) is 5.82 Å². The molecule has 0 unspecified atom stereocenters. The molecule has 0 saturated heterocycles. The second-order valence-electron chi connectivity index (χ2n) is 7.14. The quantitative estimate of drug-likeness (QED) is 0.375. The molecular weight excluding hydrogens is 418 g/mol. The molecule has 0 fully saturated rings. The number of anilines is 1. The molecule has 3 rings (SSSR count). The normalized spacial score (nSPS) is 12.5. The van der Waals surface area contributed by atoms with Crippen molar-refractivity contribution >= 4 is 38.6 Å². The van der Waals surface area contributed by atoms with Crippen LogP contribution in [-0.4, -0.2) is 42.8 Å². The number of amides is 2. The summed E-state index contributed by atoms with van der Waals surface area (Å²) in [4.78, 5) is 31.0. The first-order chi connectivity index (χ1) is 14.7. The molecule has 1 heterocycles. The zero-order valence-electron chi connectivity index (χ0n) is 17.3. The summed E-state index contributed by atoms with van der Waals surface area (Å²) in [5.74, 6) is 0.175. The molecule has 164 valence electrons. The van der Waals surface area contributed by atoms with E-state index in [0.29, 0.717) is 25.1 Å². The standard InChI is InChI=1S/C21H25N5O4S/c1-14(26-31(29,30)17-11-9-16(10-12-17)23-15(2)27)21(28)22-13-5-8-20-24-18-6-3-4-7-19(18)25-20/h3-4,6-7,9-12,14,26H,5,8,13H2,1-2H3,(H,22,28)(H,23,27)(H,24,25)/t14-/m0/s1. The van der Waals surface area contributed by atoms with Crippen LogP contribution in [0.25, 0.3) is 11.0 Å². The number of rotatable bonds is 9. The maximum Gasteiger partial charge on any atom is 0.241 e. The first-order valence-electron chi connectivity index (χ1n) is 9.86. The first kappa shape index (κ1) is 22.4. The molecule has 0 bridgehead atoms. The van der Waals surface area contributed by atoms with Crippen LogP contribution in [0.5, 0.6) is 0 Å². The van der Waals surface area contributed by atoms with Crippen LogP contribution in [0.3, 0.4) is 0 Å². The van der Waals surface area contributed by atoms with Crippen LogP contribution in [0, 0.1) is 0 Å². The third kappa shape index (κ3) is 6.12. The van der Waals surface area contributed by atoms with Crippen molar-refractivity contribution in [2.75, 3.05) is 11.9 Å². The second kappa shape index (κ2) is 9.71. The molecule has 1 atom stereocenters. The van der Waals surface area contributed by atoms with Crippen molar-refractivity contribution in [2.45, 2.75) is 37.6 Å². The van der Waals surface area contributed by atoms with Crippen molar-refractivity contribution in [3.05, 3.63) is 54.4 Å². The number of aromatic nitrogens is 2. The molecule has 0 aliphatic carbocycles. The number of carbonyl (C=O) groups is 2. The van der Waals surface area contributed by atoms with Crippen LogP contribution in [0.1, 0.15) is 26.1 Å². The van der Waals surface area contributed by atoms with Crippen molar-refractivity contribution in [3.63, 3.8) is 0 Å². The lowest BCUT2D eigenvalue weighted by atomic mass is 10.3. The van der Waals surface area contributed by atoms with E-state index in [1.54, 1.807) is 0 Å². The Kier molecular flexibility index (Phi) is 7.03. The molecule has 0 saturated carbocycles. The van der Waals surface area contributed by atoms with Gasteiger partial charge in [0.05, 0.1) is 22.0 Å². The van der Waals surface area contributed by atoms with Gasteiger partial charge >= 0.3 is 0 Å². The number of carbonyl (C=O) groups excluding carboxylic acids is 2. The number of nitrogens with one attached hydrogen (secondary N) is 4. The van der Waals surface area contributed by atoms with Gasteiger partial charge in [-0.15, -0.1) is 0 Å². The van der Waals surface area contributed by atoms with Gasteiger partial charge in [0.2, 0.25) is 21.8 Å². The van der Waals surface area contributed by atoms with Crippen LogP contribution in [0.4, 0.5) is 5.69 Å². The van der Waals surface area contributed by atoms with Crippen molar-refractivity contribution in [3.8, 4) is 0 Å². The van der Waals surface area contributed by atoms with Gasteiger partial charge in [-0.1, -0.05) is 12.1 Å². The predicted octanol–water partition coefficient (Wildman–Crippen LogP) is 1.94. The maximum atomic E-state index is 12.5. The Bertz CT molecular complexity index is 1140. The Hall–Kier alpha value is -3.24. The molecule has 0 radical (unpaired) electrons. The Labute approximate surface area is 180 Å². The van der Waals surface area contributed by atoms with Gasteiger partial charge < -0.3 is 15.6 Å². The minimum atomic E-state index is -3.88. The number of hydrogen-bond donors (Lipinski definition) is 4. The van der Waals surface area contributed by atoms with Crippen LogP contribution in [0.2, 0.25) is 0 Å². The van der Waals surface area contributed by atoms with Gasteiger partial charge in [0.25, 0.3) is 0 Å². The average molecular weight is 444 g/mol. The highest BCUT2D eigenvalue weighted by atomic mass is 32.2. The summed E-state index contributed by atoms with van der Waals surface area (Å²) in [5.41, 5.74) is 2.35. The molecule has 0 aliphatic rings. The summed E-state index contributed by atoms with van der Waals surface area (Å²) in [6.07, 6.45) is 1.32. The predicted molar refractivity (Wildman–Crippen MR) is 118 cm³/mol. The lowest BCUT2D eigenvalue weighted by Gasteiger charge is -2.14. The van der Waals surface area contributed by atoms with Crippen LogP contribution in [-0.2, 0) is 26.0 Å². The van der Waals surface area contributed by atoms with Crippen molar-refractivity contribution < 1.29 is 18.0 Å². The minimum Gasteiger partial charge on any atom is -0.355 e. The van der Waals surface area contributed by atoms with Crippen molar-refractivity contribution in [1.29, 1.82) is 0 Å². The summed E-state index contributed by atoms with van der Waals surface area (Å²) in [5, 5.41) is 5.30. The Morgan fingerprint density at radius 2 is 1.81 bits per heavy atom. The largest absolute Gasteiger partial charge is 0.355 e. The molecule has 0 spiro atoms. The Morgan fingerprint density at radius 1 is 1.10 bits per heavy atom. The van der Waals surface area contributed by atoms with Crippen LogP contribution in [0.15, 0.2) is 53.4 Å². The molecule has 31 heavy (non-hydrogen) atoms. The third-order valence-corrected chi connectivity index (χ3v) is 6.09. The number of nitrogens with zero attached hydrogens (tertiary/aromatic N) is 1. The monoisotopic (exact) mass is 443 g/mol. The third-order valence-electron chi connectivity index (χ3n) is 4.54. The number of aromatic amines is 1. The maximum absolute atomic E-state index is 12.5. The number of benzene rings is 2. The van der Waals surface area contributed by atoms with Crippen molar-refractivity contribution in [1.82, 2.24) is 20.0 Å². The fourth-order valence-electron chi connectivity index (χ4n) is 3.02. The highest BCUT2D eigenvalue weighted by Crippen LogP contribution is 2.14. The van der Waals surface area contributed by atoms with E-state index >= 15 is 0 Å². The van der Waals surface area contributed by atoms with Gasteiger partial charge in [-0.05, 0) is 49.7 Å². The second-order valence-corrected chi connectivity index (χ2v) is 8.86. The van der Waals surface area contributed by atoms with Gasteiger partial charge in [-0.2, -0.15) is 4.72 Å². The number of aryl methyl sites for hydroxylation is 1. The van der Waals surface area contributed by atoms with E-state index in [0.717, 1.165) is 16.9 Å². The molecule has 1 aromatic heterocycles. The molecule has 2 amide bonds. The lowest BCUT2D eigenvalue weighted by molar-refractivity contribution is -0.122. The molecule has 4 N–H and O–H groups in total. The van der Waals surface area contributed by atoms with Crippen LogP contribution >= 0.6 is 0 Å². The Morgan fingerprint density at radius 3 is 2.48 bits per heavy atom. The zero-order chi connectivity index (χ0) is 22.4. The summed E-state index contributed by atoms with van der Waals surface area (Å²) in [6.45, 7) is 3.24. The average Bonchev–Trinajstić information content (AvgIpc) is 3.13. The van der Waals surface area contributed by atoms with E-state index in [-0.39, 0.29) is 10.8 Å². The smallest absolute Gasteiger partial charge is 0.241 e. The van der Waals surface area contributed by atoms with Crippen molar-refractivity contribution in [2.24, 2.45) is 0 Å². The van der Waals surface area contributed by atoms with E-state index < -0.39 is 22.0 Å². The van der Waals surface area contributed by atoms with E-state index in [9.17, 15) is 18.0 Å². The summed E-state index contributed by atoms with van der Waals surface area (Å²) < 4.78 is 27.3. The van der Waals surface area contributed by atoms with Gasteiger partial charge in [0, 0.05) is 25.6 Å². The number of fused-ring (bicyclic) bond motifs is 1. The number of sulfonamides is 1. The topological polar surface area (TPSA) is 133 Å². The van der Waals surface area contributed by atoms with Gasteiger partial charge in [-0.3, -0.25) is 9.59 Å². The SMILES string of the molecule is CC(=O)Nc1ccc(S(=O)(=O)N[C@@H](C)C(=O)NCCCc2nc3ccccc3[nH]2)cc1. The summed E-state index contributed by atoms with van der Waals surface area (Å²) in [6, 6.07) is 12.5. The molecule has 10 heteroatoms. The first-order valence-corrected chi connectivity index (χ1v) is 11.3. The lowest BCUT2D eigenvalue weighted by Crippen LogP contribution is -2.45. The van der Waals surface area contributed by atoms with E-state index in [4.69, 9.17) is 0 Å². The fourth-order valence-corrected chi connectivity index (χ4v) is 4.22. The number of H-pyrrole nitrogens is 1. The van der Waals surface area contributed by atoms with E-state index in [1.165, 1.54) is 38.1 Å². The summed E-state index contributed by atoms with van der Waals surface area (Å²) in [7, 11) is -3.88. The molecule has 3 aromatic rings. The molecule has 2 aromatic carbocycles. The molecule has 0 aliphatic heterocycles. The highest BCUT2D eigenvalue weighted by Gasteiger charge is 2.21. The number of imidazole rings is 1. The van der Waals surface area contributed by atoms with Gasteiger partial charge in [0.15, 0.2) is 0 Å². The minimum absolute atomic E-state index is 0.00568. The zero-order valence-corrected chi connectivity index (χ0v) is 18.1. The molecule has 9 nitrogen and oxygen atoms in total. The summed E-state index contributed by atoms with van der Waals surface area (Å²) >= 11 is 0. The van der Waals surface area contributed by atoms with E-state index in [2.05, 4.69) is 25.3 Å². The van der Waals surface area contributed by atoms with Gasteiger partial charge in [-0.25, -0.2) is 13.4 Å². The fraction of sp³-hybridized carbons (Fsp3) is 0.286. The van der Waals surface area contributed by atoms with Crippen LogP contribution < -0.4 is 15.4 Å². The number of para-hydroxylation sites is 2. The Balaban J connectivity index is 1.47.